The summed E-state index contributed by atoms with van der Waals surface area (Å²) in [5.74, 6) is 0.126. The summed E-state index contributed by atoms with van der Waals surface area (Å²) in [4.78, 5) is 12.7. The largest absolute Gasteiger partial charge is 0.497 e. The minimum Gasteiger partial charge on any atom is -0.497 e. The quantitative estimate of drug-likeness (QED) is 0.527. The Morgan fingerprint density at radius 2 is 2.05 bits per heavy atom. The van der Waals surface area contributed by atoms with Crippen molar-refractivity contribution in [3.63, 3.8) is 0 Å². The standard InChI is InChI=1S/C16H23NO3/c1-3-11-17(12-5-4-6-16(18)19)13-14-7-9-15(20-2)10-8-14/h3,7-10H,1,4-6,11-13H2,2H3,(H,18,19). The molecule has 0 aliphatic rings. The van der Waals surface area contributed by atoms with Crippen molar-refractivity contribution in [3.8, 4) is 5.75 Å². The maximum Gasteiger partial charge on any atom is 0.303 e. The number of carboxylic acids is 1. The van der Waals surface area contributed by atoms with Gasteiger partial charge in [-0.05, 0) is 37.1 Å². The van der Waals surface area contributed by atoms with Crippen LogP contribution in [0.2, 0.25) is 0 Å². The van der Waals surface area contributed by atoms with Crippen LogP contribution in [0.25, 0.3) is 0 Å². The Morgan fingerprint density at radius 1 is 1.35 bits per heavy atom. The van der Waals surface area contributed by atoms with Crippen LogP contribution in [0.5, 0.6) is 5.75 Å². The fourth-order valence-electron chi connectivity index (χ4n) is 2.02. The van der Waals surface area contributed by atoms with Crippen molar-refractivity contribution < 1.29 is 14.6 Å². The fourth-order valence-corrected chi connectivity index (χ4v) is 2.02. The molecule has 0 radical (unpaired) electrons. The van der Waals surface area contributed by atoms with Crippen LogP contribution in [0.3, 0.4) is 0 Å². The zero-order chi connectivity index (χ0) is 14.8. The molecular weight excluding hydrogens is 254 g/mol. The molecule has 1 aromatic rings. The second-order valence-corrected chi connectivity index (χ2v) is 4.72. The number of aliphatic carboxylic acids is 1. The van der Waals surface area contributed by atoms with Gasteiger partial charge < -0.3 is 9.84 Å². The molecule has 0 atom stereocenters. The van der Waals surface area contributed by atoms with Crippen LogP contribution < -0.4 is 4.74 Å². The van der Waals surface area contributed by atoms with Crippen LogP contribution in [0.4, 0.5) is 0 Å². The van der Waals surface area contributed by atoms with Crippen LogP contribution >= 0.6 is 0 Å². The normalized spacial score (nSPS) is 10.5. The Morgan fingerprint density at radius 3 is 2.60 bits per heavy atom. The first kappa shape index (κ1) is 16.2. The van der Waals surface area contributed by atoms with Crippen molar-refractivity contribution >= 4 is 5.97 Å². The van der Waals surface area contributed by atoms with Crippen molar-refractivity contribution in [3.05, 3.63) is 42.5 Å². The summed E-state index contributed by atoms with van der Waals surface area (Å²) in [5, 5.41) is 8.63. The van der Waals surface area contributed by atoms with E-state index in [9.17, 15) is 4.79 Å². The summed E-state index contributed by atoms with van der Waals surface area (Å²) in [7, 11) is 1.65. The van der Waals surface area contributed by atoms with Crippen LogP contribution in [-0.4, -0.2) is 36.2 Å². The first-order chi connectivity index (χ1) is 9.65. The summed E-state index contributed by atoms with van der Waals surface area (Å²) in [6.07, 6.45) is 3.72. The first-order valence-electron chi connectivity index (χ1n) is 6.83. The summed E-state index contributed by atoms with van der Waals surface area (Å²) in [6.45, 7) is 6.29. The number of hydrogen-bond acceptors (Lipinski definition) is 3. The topological polar surface area (TPSA) is 49.8 Å². The Hall–Kier alpha value is -1.81. The first-order valence-corrected chi connectivity index (χ1v) is 6.83. The van der Waals surface area contributed by atoms with Gasteiger partial charge in [0.05, 0.1) is 7.11 Å². The molecule has 0 saturated carbocycles. The SMILES string of the molecule is C=CCN(CCCCC(=O)O)Cc1ccc(OC)cc1. The van der Waals surface area contributed by atoms with Gasteiger partial charge in [0.2, 0.25) is 0 Å². The van der Waals surface area contributed by atoms with E-state index < -0.39 is 5.97 Å². The number of methoxy groups -OCH3 is 1. The van der Waals surface area contributed by atoms with E-state index in [-0.39, 0.29) is 6.42 Å². The van der Waals surface area contributed by atoms with Gasteiger partial charge in [0, 0.05) is 19.5 Å². The van der Waals surface area contributed by atoms with Gasteiger partial charge >= 0.3 is 5.97 Å². The average Bonchev–Trinajstić information content (AvgIpc) is 2.44. The zero-order valence-electron chi connectivity index (χ0n) is 12.0. The summed E-state index contributed by atoms with van der Waals surface area (Å²) in [6, 6.07) is 8.00. The Balaban J connectivity index is 2.44. The molecule has 0 unspecified atom stereocenters. The van der Waals surface area contributed by atoms with Crippen molar-refractivity contribution in [2.75, 3.05) is 20.2 Å². The van der Waals surface area contributed by atoms with Crippen molar-refractivity contribution in [2.45, 2.75) is 25.8 Å². The lowest BCUT2D eigenvalue weighted by Gasteiger charge is -2.20. The Labute approximate surface area is 120 Å². The van der Waals surface area contributed by atoms with Gasteiger partial charge in [0.15, 0.2) is 0 Å². The molecule has 0 aliphatic carbocycles. The van der Waals surface area contributed by atoms with Gasteiger partial charge in [-0.2, -0.15) is 0 Å². The predicted molar refractivity (Wildman–Crippen MR) is 80.0 cm³/mol. The number of benzene rings is 1. The lowest BCUT2D eigenvalue weighted by molar-refractivity contribution is -0.137. The number of ether oxygens (including phenoxy) is 1. The average molecular weight is 277 g/mol. The molecule has 0 heterocycles. The van der Waals surface area contributed by atoms with E-state index in [2.05, 4.69) is 11.5 Å². The molecular formula is C16H23NO3. The van der Waals surface area contributed by atoms with Crippen molar-refractivity contribution in [1.29, 1.82) is 0 Å². The van der Waals surface area contributed by atoms with Gasteiger partial charge in [0.25, 0.3) is 0 Å². The molecule has 0 aromatic heterocycles. The molecule has 4 nitrogen and oxygen atoms in total. The molecule has 1 rings (SSSR count). The molecule has 4 heteroatoms. The molecule has 0 bridgehead atoms. The van der Waals surface area contributed by atoms with E-state index in [1.54, 1.807) is 7.11 Å². The van der Waals surface area contributed by atoms with Gasteiger partial charge in [-0.15, -0.1) is 6.58 Å². The van der Waals surface area contributed by atoms with E-state index in [0.717, 1.165) is 31.8 Å². The monoisotopic (exact) mass is 277 g/mol. The molecule has 0 saturated heterocycles. The highest BCUT2D eigenvalue weighted by Gasteiger charge is 2.05. The Bertz CT molecular complexity index is 414. The third-order valence-corrected chi connectivity index (χ3v) is 3.07. The van der Waals surface area contributed by atoms with Gasteiger partial charge in [-0.1, -0.05) is 18.2 Å². The van der Waals surface area contributed by atoms with Crippen molar-refractivity contribution in [1.82, 2.24) is 4.90 Å². The molecule has 0 amide bonds. The second-order valence-electron chi connectivity index (χ2n) is 4.72. The van der Waals surface area contributed by atoms with Crippen molar-refractivity contribution in [2.24, 2.45) is 0 Å². The predicted octanol–water partition coefficient (Wildman–Crippen LogP) is 2.94. The van der Waals surface area contributed by atoms with E-state index in [0.29, 0.717) is 6.42 Å². The zero-order valence-corrected chi connectivity index (χ0v) is 12.0. The van der Waals surface area contributed by atoms with Crippen LogP contribution in [0.15, 0.2) is 36.9 Å². The van der Waals surface area contributed by atoms with Gasteiger partial charge in [-0.25, -0.2) is 0 Å². The number of carbonyl (C=O) groups is 1. The number of rotatable bonds is 10. The number of carboxylic acid groups (broad SMARTS) is 1. The maximum absolute atomic E-state index is 10.5. The minimum atomic E-state index is -0.726. The molecule has 0 fully saturated rings. The van der Waals surface area contributed by atoms with Crippen LogP contribution in [0, 0.1) is 0 Å². The maximum atomic E-state index is 10.5. The lowest BCUT2D eigenvalue weighted by atomic mass is 10.2. The molecule has 0 spiro atoms. The molecule has 1 aromatic carbocycles. The highest BCUT2D eigenvalue weighted by atomic mass is 16.5. The number of nitrogens with zero attached hydrogens (tertiary/aromatic N) is 1. The van der Waals surface area contributed by atoms with Gasteiger partial charge in [-0.3, -0.25) is 9.69 Å². The minimum absolute atomic E-state index is 0.241. The van der Waals surface area contributed by atoms with Crippen LogP contribution in [0.1, 0.15) is 24.8 Å². The number of unbranched alkanes of at least 4 members (excludes halogenated alkanes) is 1. The highest BCUT2D eigenvalue weighted by Crippen LogP contribution is 2.13. The molecule has 110 valence electrons. The summed E-state index contributed by atoms with van der Waals surface area (Å²) < 4.78 is 5.14. The third kappa shape index (κ3) is 6.38. The lowest BCUT2D eigenvalue weighted by Crippen LogP contribution is -2.24. The fraction of sp³-hybridized carbons (Fsp3) is 0.438. The third-order valence-electron chi connectivity index (χ3n) is 3.07. The van der Waals surface area contributed by atoms with Gasteiger partial charge in [0.1, 0.15) is 5.75 Å². The van der Waals surface area contributed by atoms with E-state index >= 15 is 0 Å². The van der Waals surface area contributed by atoms with E-state index in [4.69, 9.17) is 9.84 Å². The summed E-state index contributed by atoms with van der Waals surface area (Å²) >= 11 is 0. The summed E-state index contributed by atoms with van der Waals surface area (Å²) in [5.41, 5.74) is 1.21. The highest BCUT2D eigenvalue weighted by molar-refractivity contribution is 5.66. The Kier molecular flexibility index (Phi) is 7.43. The van der Waals surface area contributed by atoms with E-state index in [1.165, 1.54) is 5.56 Å². The smallest absolute Gasteiger partial charge is 0.303 e. The number of hydrogen-bond donors (Lipinski definition) is 1. The molecule has 1 N–H and O–H groups in total. The van der Waals surface area contributed by atoms with E-state index in [1.807, 2.05) is 30.3 Å². The second kappa shape index (κ2) is 9.15. The van der Waals surface area contributed by atoms with Crippen LogP contribution in [-0.2, 0) is 11.3 Å². The molecule has 20 heavy (non-hydrogen) atoms. The molecule has 0 aliphatic heterocycles.